The van der Waals surface area contributed by atoms with E-state index in [0.29, 0.717) is 0 Å². The monoisotopic (exact) mass is 322 g/mol. The van der Waals surface area contributed by atoms with Crippen molar-refractivity contribution >= 4 is 27.9 Å². The smallest absolute Gasteiger partial charge is 0.328 e. The second kappa shape index (κ2) is 6.72. The van der Waals surface area contributed by atoms with Gasteiger partial charge in [-0.2, -0.15) is 0 Å². The Bertz CT molecular complexity index is 532. The molecule has 1 unspecified atom stereocenters. The summed E-state index contributed by atoms with van der Waals surface area (Å²) >= 11 is 0. The van der Waals surface area contributed by atoms with Crippen molar-refractivity contribution in [3.8, 4) is 0 Å². The van der Waals surface area contributed by atoms with Crippen LogP contribution in [0.1, 0.15) is 0 Å². The molecule has 21 heavy (non-hydrogen) atoms. The average Bonchev–Trinajstić information content (AvgIpc) is 2.37. The van der Waals surface area contributed by atoms with Gasteiger partial charge in [0.2, 0.25) is 15.9 Å². The molecule has 11 heteroatoms. The molecule has 0 aromatic heterocycles. The standard InChI is InChI=1S/C10H18N4O6S/c1-13(2)21(19,20)4-3-11-10(18)14-6-8(15)12-5-7(14)9(16)17/h7H,3-6H2,1-2H3,(H,11,18)(H,12,15)(H,16,17). The largest absolute Gasteiger partial charge is 0.480 e. The van der Waals surface area contributed by atoms with E-state index in [1.54, 1.807) is 0 Å². The molecule has 1 fully saturated rings. The summed E-state index contributed by atoms with van der Waals surface area (Å²) in [4.78, 5) is 35.0. The van der Waals surface area contributed by atoms with Crippen molar-refractivity contribution < 1.29 is 27.9 Å². The number of hydrogen-bond acceptors (Lipinski definition) is 5. The van der Waals surface area contributed by atoms with Gasteiger partial charge in [0.05, 0.1) is 5.75 Å². The molecule has 3 amide bonds. The Morgan fingerprint density at radius 3 is 2.62 bits per heavy atom. The van der Waals surface area contributed by atoms with Crippen molar-refractivity contribution in [1.82, 2.24) is 19.8 Å². The average molecular weight is 322 g/mol. The summed E-state index contributed by atoms with van der Waals surface area (Å²) in [6.45, 7) is -0.745. The predicted molar refractivity (Wildman–Crippen MR) is 72.0 cm³/mol. The van der Waals surface area contributed by atoms with Crippen LogP contribution in [0.4, 0.5) is 4.79 Å². The van der Waals surface area contributed by atoms with Crippen LogP contribution < -0.4 is 10.6 Å². The zero-order chi connectivity index (χ0) is 16.2. The molecule has 1 heterocycles. The number of hydrogen-bond donors (Lipinski definition) is 3. The van der Waals surface area contributed by atoms with E-state index >= 15 is 0 Å². The fourth-order valence-corrected chi connectivity index (χ4v) is 2.37. The van der Waals surface area contributed by atoms with Gasteiger partial charge in [0, 0.05) is 27.2 Å². The summed E-state index contributed by atoms with van der Waals surface area (Å²) in [6.07, 6.45) is 0. The molecule has 0 aromatic rings. The van der Waals surface area contributed by atoms with Gasteiger partial charge in [0.25, 0.3) is 0 Å². The molecule has 1 saturated heterocycles. The maximum Gasteiger partial charge on any atom is 0.328 e. The number of nitrogens with zero attached hydrogens (tertiary/aromatic N) is 2. The maximum absolute atomic E-state index is 11.9. The summed E-state index contributed by atoms with van der Waals surface area (Å²) < 4.78 is 24.1. The molecule has 120 valence electrons. The minimum atomic E-state index is -3.46. The Labute approximate surface area is 122 Å². The Kier molecular flexibility index (Phi) is 5.49. The number of sulfonamides is 1. The van der Waals surface area contributed by atoms with Crippen LogP contribution in [-0.2, 0) is 19.6 Å². The highest BCUT2D eigenvalue weighted by molar-refractivity contribution is 7.89. The second-order valence-electron chi connectivity index (χ2n) is 4.62. The van der Waals surface area contributed by atoms with Crippen LogP contribution in [0.15, 0.2) is 0 Å². The van der Waals surface area contributed by atoms with Gasteiger partial charge >= 0.3 is 12.0 Å². The fourth-order valence-electron chi connectivity index (χ4n) is 1.65. The molecule has 0 radical (unpaired) electrons. The van der Waals surface area contributed by atoms with Crippen molar-refractivity contribution in [3.63, 3.8) is 0 Å². The van der Waals surface area contributed by atoms with Gasteiger partial charge in [-0.1, -0.05) is 0 Å². The Balaban J connectivity index is 2.60. The van der Waals surface area contributed by atoms with E-state index in [-0.39, 0.29) is 25.4 Å². The number of amides is 3. The summed E-state index contributed by atoms with van der Waals surface area (Å²) in [5, 5.41) is 13.7. The quantitative estimate of drug-likeness (QED) is 0.511. The van der Waals surface area contributed by atoms with Gasteiger partial charge in [0.1, 0.15) is 12.6 Å². The summed E-state index contributed by atoms with van der Waals surface area (Å²) in [7, 11) is -0.725. The number of carbonyl (C=O) groups excluding carboxylic acids is 2. The number of urea groups is 1. The van der Waals surface area contributed by atoms with Gasteiger partial charge in [-0.3, -0.25) is 9.69 Å². The molecular weight excluding hydrogens is 304 g/mol. The normalized spacial score (nSPS) is 19.3. The number of rotatable bonds is 5. The van der Waals surface area contributed by atoms with Crippen LogP contribution in [0.2, 0.25) is 0 Å². The third kappa shape index (κ3) is 4.56. The van der Waals surface area contributed by atoms with Gasteiger partial charge in [-0.05, 0) is 0 Å². The number of aliphatic carboxylic acids is 1. The number of piperazine rings is 1. The van der Waals surface area contributed by atoms with Crippen molar-refractivity contribution in [2.75, 3.05) is 39.5 Å². The minimum Gasteiger partial charge on any atom is -0.480 e. The first kappa shape index (κ1) is 17.2. The van der Waals surface area contributed by atoms with E-state index in [1.807, 2.05) is 0 Å². The molecule has 0 saturated carbocycles. The van der Waals surface area contributed by atoms with Crippen molar-refractivity contribution in [1.29, 1.82) is 0 Å². The zero-order valence-corrected chi connectivity index (χ0v) is 12.5. The Hall–Kier alpha value is -1.88. The third-order valence-corrected chi connectivity index (χ3v) is 4.75. The van der Waals surface area contributed by atoms with Crippen molar-refractivity contribution in [3.05, 3.63) is 0 Å². The van der Waals surface area contributed by atoms with Crippen molar-refractivity contribution in [2.45, 2.75) is 6.04 Å². The van der Waals surface area contributed by atoms with Crippen LogP contribution in [0.25, 0.3) is 0 Å². The molecular formula is C10H18N4O6S. The van der Waals surface area contributed by atoms with Gasteiger partial charge < -0.3 is 15.7 Å². The van der Waals surface area contributed by atoms with Gasteiger partial charge in [0.15, 0.2) is 0 Å². The molecule has 1 rings (SSSR count). The van der Waals surface area contributed by atoms with Crippen LogP contribution >= 0.6 is 0 Å². The minimum absolute atomic E-state index is 0.177. The molecule has 10 nitrogen and oxygen atoms in total. The van der Waals surface area contributed by atoms with E-state index in [9.17, 15) is 22.8 Å². The number of nitrogens with one attached hydrogen (secondary N) is 2. The van der Waals surface area contributed by atoms with Gasteiger partial charge in [-0.25, -0.2) is 22.3 Å². The molecule has 1 atom stereocenters. The summed E-state index contributed by atoms with van der Waals surface area (Å²) in [5.74, 6) is -2.03. The topological polar surface area (TPSA) is 136 Å². The highest BCUT2D eigenvalue weighted by Gasteiger charge is 2.35. The molecule has 0 bridgehead atoms. The van der Waals surface area contributed by atoms with E-state index < -0.39 is 34.0 Å². The van der Waals surface area contributed by atoms with Crippen LogP contribution in [0.3, 0.4) is 0 Å². The maximum atomic E-state index is 11.9. The Morgan fingerprint density at radius 1 is 1.48 bits per heavy atom. The van der Waals surface area contributed by atoms with E-state index in [4.69, 9.17) is 5.11 Å². The third-order valence-electron chi connectivity index (χ3n) is 2.92. The first-order valence-electron chi connectivity index (χ1n) is 6.09. The summed E-state index contributed by atoms with van der Waals surface area (Å²) in [5.41, 5.74) is 0. The highest BCUT2D eigenvalue weighted by Crippen LogP contribution is 2.05. The fraction of sp³-hybridized carbons (Fsp3) is 0.700. The zero-order valence-electron chi connectivity index (χ0n) is 11.7. The highest BCUT2D eigenvalue weighted by atomic mass is 32.2. The summed E-state index contributed by atoms with van der Waals surface area (Å²) in [6, 6.07) is -1.96. The molecule has 1 aliphatic heterocycles. The lowest BCUT2D eigenvalue weighted by atomic mass is 10.2. The lowest BCUT2D eigenvalue weighted by Crippen LogP contribution is -2.61. The van der Waals surface area contributed by atoms with Crippen LogP contribution in [0.5, 0.6) is 0 Å². The Morgan fingerprint density at radius 2 is 2.10 bits per heavy atom. The molecule has 0 aromatic carbocycles. The lowest BCUT2D eigenvalue weighted by Gasteiger charge is -2.32. The van der Waals surface area contributed by atoms with E-state index in [2.05, 4.69) is 10.6 Å². The van der Waals surface area contributed by atoms with E-state index in [0.717, 1.165) is 9.21 Å². The van der Waals surface area contributed by atoms with E-state index in [1.165, 1.54) is 14.1 Å². The molecule has 3 N–H and O–H groups in total. The SMILES string of the molecule is CN(C)S(=O)(=O)CCNC(=O)N1CC(=O)NCC1C(=O)O. The van der Waals surface area contributed by atoms with Crippen molar-refractivity contribution in [2.24, 2.45) is 0 Å². The van der Waals surface area contributed by atoms with Crippen LogP contribution in [0, 0.1) is 0 Å². The second-order valence-corrected chi connectivity index (χ2v) is 6.92. The van der Waals surface area contributed by atoms with Crippen LogP contribution in [-0.4, -0.2) is 86.2 Å². The first-order valence-corrected chi connectivity index (χ1v) is 7.70. The number of carboxylic acids is 1. The number of carboxylic acid groups (broad SMARTS) is 1. The lowest BCUT2D eigenvalue weighted by molar-refractivity contribution is -0.144. The van der Waals surface area contributed by atoms with Gasteiger partial charge in [-0.15, -0.1) is 0 Å². The number of carbonyl (C=O) groups is 3. The molecule has 0 spiro atoms. The molecule has 0 aliphatic carbocycles. The predicted octanol–water partition coefficient (Wildman–Crippen LogP) is -2.53. The molecule has 1 aliphatic rings. The first-order chi connectivity index (χ1) is 9.65.